The molecule has 0 aliphatic rings. The maximum Gasteiger partial charge on any atom is 0.348 e. The zero-order valence-electron chi connectivity index (χ0n) is 18.7. The van der Waals surface area contributed by atoms with Gasteiger partial charge in [0.15, 0.2) is 0 Å². The zero-order valence-corrected chi connectivity index (χ0v) is 18.7. The molecule has 0 fully saturated rings. The van der Waals surface area contributed by atoms with Gasteiger partial charge in [-0.3, -0.25) is 0 Å². The van der Waals surface area contributed by atoms with Crippen molar-refractivity contribution in [3.8, 4) is 11.8 Å². The topological polar surface area (TPSA) is 90.8 Å². The zero-order chi connectivity index (χ0) is 23.1. The van der Waals surface area contributed by atoms with Crippen LogP contribution in [0.15, 0.2) is 60.7 Å². The fraction of sp³-hybridized carbons (Fsp3) is 0.320. The number of carboxylic acids is 1. The molecule has 0 spiro atoms. The van der Waals surface area contributed by atoms with Crippen molar-refractivity contribution in [2.75, 3.05) is 13.7 Å². The molecule has 168 valence electrons. The van der Waals surface area contributed by atoms with E-state index in [9.17, 15) is 9.90 Å². The minimum Gasteiger partial charge on any atom is -0.497 e. The van der Waals surface area contributed by atoms with Crippen molar-refractivity contribution in [2.45, 2.75) is 38.9 Å². The van der Waals surface area contributed by atoms with Gasteiger partial charge >= 0.3 is 12.0 Å². The molecule has 0 saturated heterocycles. The minimum atomic E-state index is -1.36. The third-order valence-electron chi connectivity index (χ3n) is 5.21. The third kappa shape index (κ3) is 5.62. The largest absolute Gasteiger partial charge is 0.497 e. The third-order valence-corrected chi connectivity index (χ3v) is 5.21. The quantitative estimate of drug-likeness (QED) is 0.511. The highest BCUT2D eigenvalue weighted by Gasteiger charge is 2.44. The molecule has 0 radical (unpaired) electrons. The Morgan fingerprint density at radius 1 is 1.03 bits per heavy atom. The van der Waals surface area contributed by atoms with E-state index in [4.69, 9.17) is 14.2 Å². The summed E-state index contributed by atoms with van der Waals surface area (Å²) < 4.78 is 17.3. The Bertz CT molecular complexity index is 1020. The lowest BCUT2D eigenvalue weighted by Crippen LogP contribution is -2.49. The Kier molecular flexibility index (Phi) is 7.43. The summed E-state index contributed by atoms with van der Waals surface area (Å²) in [5.41, 5.74) is 1.84. The van der Waals surface area contributed by atoms with Crippen molar-refractivity contribution in [3.05, 3.63) is 83.2 Å². The van der Waals surface area contributed by atoms with E-state index in [1.807, 2.05) is 54.6 Å². The highest BCUT2D eigenvalue weighted by atomic mass is 16.6. The highest BCUT2D eigenvalue weighted by Crippen LogP contribution is 2.32. The maximum absolute atomic E-state index is 12.3. The number of aromatic nitrogens is 2. The molecule has 1 heterocycles. The number of hydrogen-bond acceptors (Lipinski definition) is 6. The van der Waals surface area contributed by atoms with Gasteiger partial charge in [0.25, 0.3) is 0 Å². The summed E-state index contributed by atoms with van der Waals surface area (Å²) in [4.78, 5) is 20.8. The maximum atomic E-state index is 12.3. The standard InChI is InChI=1S/C25H28N2O5/c1-17-16-18(2)27-24(26-17)32-22(23(28)29)25(3,20-8-6-5-7-9-20)31-15-14-19-10-12-21(30-4)13-11-19/h5-13,16,22H,14-15H2,1-4H3,(H,28,29)/t22-,25+/m1/s1. The molecule has 7 heteroatoms. The second-order valence-corrected chi connectivity index (χ2v) is 7.69. The summed E-state index contributed by atoms with van der Waals surface area (Å²) in [6, 6.07) is 18.7. The van der Waals surface area contributed by atoms with Gasteiger partial charge < -0.3 is 19.3 Å². The van der Waals surface area contributed by atoms with Crippen molar-refractivity contribution in [1.29, 1.82) is 0 Å². The van der Waals surface area contributed by atoms with Crippen LogP contribution in [0.1, 0.15) is 29.4 Å². The molecule has 0 bridgehead atoms. The molecular formula is C25H28N2O5. The van der Waals surface area contributed by atoms with Crippen LogP contribution in [0.4, 0.5) is 0 Å². The molecule has 0 aliphatic heterocycles. The van der Waals surface area contributed by atoms with Crippen molar-refractivity contribution in [3.63, 3.8) is 0 Å². The van der Waals surface area contributed by atoms with Crippen LogP contribution in [0.3, 0.4) is 0 Å². The molecular weight excluding hydrogens is 408 g/mol. The predicted molar refractivity (Wildman–Crippen MR) is 120 cm³/mol. The monoisotopic (exact) mass is 436 g/mol. The second-order valence-electron chi connectivity index (χ2n) is 7.69. The van der Waals surface area contributed by atoms with Gasteiger partial charge in [-0.15, -0.1) is 0 Å². The first-order valence-electron chi connectivity index (χ1n) is 10.4. The predicted octanol–water partition coefficient (Wildman–Crippen LogP) is 4.11. The van der Waals surface area contributed by atoms with Crippen LogP contribution in [-0.2, 0) is 21.6 Å². The van der Waals surface area contributed by atoms with E-state index in [0.717, 1.165) is 11.3 Å². The van der Waals surface area contributed by atoms with Gasteiger partial charge in [0.2, 0.25) is 6.10 Å². The van der Waals surface area contributed by atoms with Crippen molar-refractivity contribution in [2.24, 2.45) is 0 Å². The fourth-order valence-electron chi connectivity index (χ4n) is 3.50. The molecule has 1 aromatic heterocycles. The van der Waals surface area contributed by atoms with Crippen LogP contribution in [-0.4, -0.2) is 40.9 Å². The molecule has 2 aromatic carbocycles. The molecule has 0 saturated carbocycles. The van der Waals surface area contributed by atoms with E-state index in [-0.39, 0.29) is 6.01 Å². The van der Waals surface area contributed by atoms with Crippen LogP contribution in [0, 0.1) is 13.8 Å². The lowest BCUT2D eigenvalue weighted by Gasteiger charge is -2.35. The number of aryl methyl sites for hydroxylation is 2. The average molecular weight is 437 g/mol. The van der Waals surface area contributed by atoms with Crippen LogP contribution in [0.2, 0.25) is 0 Å². The number of rotatable bonds is 10. The van der Waals surface area contributed by atoms with Crippen molar-refractivity contribution in [1.82, 2.24) is 9.97 Å². The molecule has 3 rings (SSSR count). The van der Waals surface area contributed by atoms with Crippen molar-refractivity contribution < 1.29 is 24.1 Å². The Labute approximate surface area is 188 Å². The van der Waals surface area contributed by atoms with Crippen LogP contribution in [0.25, 0.3) is 0 Å². The van der Waals surface area contributed by atoms with Gasteiger partial charge in [0, 0.05) is 11.4 Å². The van der Waals surface area contributed by atoms with Gasteiger partial charge in [-0.25, -0.2) is 14.8 Å². The molecule has 2 atom stereocenters. The molecule has 0 unspecified atom stereocenters. The van der Waals surface area contributed by atoms with Crippen LogP contribution >= 0.6 is 0 Å². The van der Waals surface area contributed by atoms with Gasteiger partial charge in [0.05, 0.1) is 13.7 Å². The first kappa shape index (κ1) is 23.2. The summed E-state index contributed by atoms with van der Waals surface area (Å²) in [7, 11) is 1.62. The minimum absolute atomic E-state index is 0.0100. The number of carbonyl (C=O) groups is 1. The fourth-order valence-corrected chi connectivity index (χ4v) is 3.50. The first-order chi connectivity index (χ1) is 15.3. The van der Waals surface area contributed by atoms with Crippen LogP contribution < -0.4 is 9.47 Å². The summed E-state index contributed by atoms with van der Waals surface area (Å²) >= 11 is 0. The van der Waals surface area contributed by atoms with E-state index in [1.54, 1.807) is 33.9 Å². The number of nitrogens with zero attached hydrogens (tertiary/aromatic N) is 2. The number of methoxy groups -OCH3 is 1. The van der Waals surface area contributed by atoms with Gasteiger partial charge in [-0.1, -0.05) is 42.5 Å². The second kappa shape index (κ2) is 10.2. The number of aliphatic carboxylic acids is 1. The molecule has 7 nitrogen and oxygen atoms in total. The summed E-state index contributed by atoms with van der Waals surface area (Å²) in [6.07, 6.45) is -0.763. The highest BCUT2D eigenvalue weighted by molar-refractivity contribution is 5.75. The molecule has 0 amide bonds. The lowest BCUT2D eigenvalue weighted by atomic mass is 9.89. The smallest absolute Gasteiger partial charge is 0.348 e. The number of benzene rings is 2. The van der Waals surface area contributed by atoms with E-state index in [1.165, 1.54) is 0 Å². The molecule has 32 heavy (non-hydrogen) atoms. The summed E-state index contributed by atoms with van der Waals surface area (Å²) in [5, 5.41) is 10.1. The molecule has 0 aliphatic carbocycles. The lowest BCUT2D eigenvalue weighted by molar-refractivity contribution is -0.168. The number of ether oxygens (including phenoxy) is 3. The van der Waals surface area contributed by atoms with Gasteiger partial charge in [-0.2, -0.15) is 0 Å². The Morgan fingerprint density at radius 2 is 1.66 bits per heavy atom. The number of hydrogen-bond donors (Lipinski definition) is 1. The Hall–Kier alpha value is -3.45. The summed E-state index contributed by atoms with van der Waals surface area (Å²) in [5.74, 6) is -0.389. The Balaban J connectivity index is 1.87. The first-order valence-corrected chi connectivity index (χ1v) is 10.4. The molecule has 3 aromatic rings. The van der Waals surface area contributed by atoms with E-state index < -0.39 is 17.7 Å². The Morgan fingerprint density at radius 3 is 2.22 bits per heavy atom. The van der Waals surface area contributed by atoms with Gasteiger partial charge in [-0.05, 0) is 56.5 Å². The summed E-state index contributed by atoms with van der Waals surface area (Å²) in [6.45, 7) is 5.62. The van der Waals surface area contributed by atoms with Crippen LogP contribution in [0.5, 0.6) is 11.8 Å². The normalized spacial score (nSPS) is 13.8. The van der Waals surface area contributed by atoms with E-state index in [2.05, 4.69) is 9.97 Å². The van der Waals surface area contributed by atoms with E-state index in [0.29, 0.717) is 30.0 Å². The average Bonchev–Trinajstić information content (AvgIpc) is 2.77. The SMILES string of the molecule is COc1ccc(CCO[C@@](C)(c2ccccc2)[C@H](Oc2nc(C)cc(C)n2)C(=O)O)cc1. The molecule has 1 N–H and O–H groups in total. The van der Waals surface area contributed by atoms with Crippen molar-refractivity contribution >= 4 is 5.97 Å². The number of carboxylic acid groups (broad SMARTS) is 1. The van der Waals surface area contributed by atoms with E-state index >= 15 is 0 Å². The van der Waals surface area contributed by atoms with Gasteiger partial charge in [0.1, 0.15) is 11.4 Å².